The fourth-order valence-corrected chi connectivity index (χ4v) is 2.00. The Morgan fingerprint density at radius 1 is 1.20 bits per heavy atom. The standard InChI is InChI=1S/C14H12N6/c1-19(8-15)14-6-4-11(17-18-14)10-3-5-13-12(7-10)16-9-20(13)2/h3-7,9H,1-2H3. The largest absolute Gasteiger partial charge is 0.334 e. The smallest absolute Gasteiger partial charge is 0.185 e. The number of nitrogens with zero attached hydrogens (tertiary/aromatic N) is 6. The minimum atomic E-state index is 0.523. The summed E-state index contributed by atoms with van der Waals surface area (Å²) in [4.78, 5) is 5.69. The number of benzene rings is 1. The Labute approximate surface area is 115 Å². The second kappa shape index (κ2) is 4.63. The van der Waals surface area contributed by atoms with Gasteiger partial charge in [-0.2, -0.15) is 5.26 Å². The zero-order valence-corrected chi connectivity index (χ0v) is 11.1. The van der Waals surface area contributed by atoms with Crippen molar-refractivity contribution in [2.75, 3.05) is 11.9 Å². The summed E-state index contributed by atoms with van der Waals surface area (Å²) in [6, 6.07) is 9.60. The van der Waals surface area contributed by atoms with E-state index in [0.29, 0.717) is 5.82 Å². The molecule has 3 rings (SSSR count). The number of hydrogen-bond donors (Lipinski definition) is 0. The zero-order chi connectivity index (χ0) is 14.1. The van der Waals surface area contributed by atoms with Gasteiger partial charge in [0.05, 0.1) is 23.1 Å². The quantitative estimate of drug-likeness (QED) is 0.522. The first-order valence-corrected chi connectivity index (χ1v) is 6.07. The molecule has 6 nitrogen and oxygen atoms in total. The predicted octanol–water partition coefficient (Wildman–Crippen LogP) is 1.95. The van der Waals surface area contributed by atoms with Crippen molar-refractivity contribution in [1.82, 2.24) is 19.7 Å². The number of aromatic nitrogens is 4. The SMILES string of the molecule is CN(C#N)c1ccc(-c2ccc3c(c2)ncn3C)nn1. The highest BCUT2D eigenvalue weighted by atomic mass is 15.2. The number of aryl methyl sites for hydroxylation is 1. The van der Waals surface area contributed by atoms with Crippen molar-refractivity contribution in [3.63, 3.8) is 0 Å². The van der Waals surface area contributed by atoms with Crippen LogP contribution in [-0.2, 0) is 7.05 Å². The highest BCUT2D eigenvalue weighted by Crippen LogP contribution is 2.22. The molecule has 0 saturated carbocycles. The summed E-state index contributed by atoms with van der Waals surface area (Å²) in [5, 5.41) is 17.0. The first-order valence-electron chi connectivity index (χ1n) is 6.07. The molecule has 0 fully saturated rings. The Bertz CT molecular complexity index is 797. The molecular weight excluding hydrogens is 252 g/mol. The molecule has 20 heavy (non-hydrogen) atoms. The third-order valence-corrected chi connectivity index (χ3v) is 3.17. The summed E-state index contributed by atoms with van der Waals surface area (Å²) < 4.78 is 1.97. The molecule has 0 radical (unpaired) electrons. The fourth-order valence-electron chi connectivity index (χ4n) is 2.00. The Morgan fingerprint density at radius 3 is 2.75 bits per heavy atom. The van der Waals surface area contributed by atoms with Crippen LogP contribution < -0.4 is 4.90 Å². The van der Waals surface area contributed by atoms with Crippen LogP contribution in [0.3, 0.4) is 0 Å². The van der Waals surface area contributed by atoms with Gasteiger partial charge in [-0.3, -0.25) is 4.90 Å². The highest BCUT2D eigenvalue weighted by Gasteiger charge is 2.06. The van der Waals surface area contributed by atoms with Crippen LogP contribution in [0.25, 0.3) is 22.3 Å². The van der Waals surface area contributed by atoms with E-state index >= 15 is 0 Å². The average molecular weight is 264 g/mol. The van der Waals surface area contributed by atoms with Crippen molar-refractivity contribution >= 4 is 16.9 Å². The normalized spacial score (nSPS) is 10.4. The molecule has 0 aliphatic carbocycles. The number of fused-ring (bicyclic) bond motifs is 1. The molecule has 1 aromatic carbocycles. The van der Waals surface area contributed by atoms with Crippen molar-refractivity contribution in [2.24, 2.45) is 7.05 Å². The van der Waals surface area contributed by atoms with Gasteiger partial charge in [-0.25, -0.2) is 4.98 Å². The molecule has 0 amide bonds. The van der Waals surface area contributed by atoms with Gasteiger partial charge in [0, 0.05) is 19.7 Å². The second-order valence-corrected chi connectivity index (χ2v) is 4.49. The molecule has 0 unspecified atom stereocenters. The molecule has 3 aromatic rings. The second-order valence-electron chi connectivity index (χ2n) is 4.49. The van der Waals surface area contributed by atoms with Gasteiger partial charge < -0.3 is 4.57 Å². The minimum absolute atomic E-state index is 0.523. The van der Waals surface area contributed by atoms with Gasteiger partial charge in [0.2, 0.25) is 0 Å². The first kappa shape index (κ1) is 12.1. The van der Waals surface area contributed by atoms with E-state index in [0.717, 1.165) is 22.3 Å². The summed E-state index contributed by atoms with van der Waals surface area (Å²) in [6.45, 7) is 0. The molecule has 2 aromatic heterocycles. The van der Waals surface area contributed by atoms with Crippen LogP contribution in [0, 0.1) is 11.5 Å². The Kier molecular flexibility index (Phi) is 2.80. The molecule has 0 atom stereocenters. The van der Waals surface area contributed by atoms with Crippen LogP contribution in [0.4, 0.5) is 5.82 Å². The van der Waals surface area contributed by atoms with E-state index in [2.05, 4.69) is 15.2 Å². The van der Waals surface area contributed by atoms with Gasteiger partial charge >= 0.3 is 0 Å². The maximum atomic E-state index is 8.79. The van der Waals surface area contributed by atoms with E-state index in [-0.39, 0.29) is 0 Å². The maximum absolute atomic E-state index is 8.79. The van der Waals surface area contributed by atoms with Gasteiger partial charge in [-0.1, -0.05) is 6.07 Å². The molecular formula is C14H12N6. The number of imidazole rings is 1. The average Bonchev–Trinajstić information content (AvgIpc) is 2.87. The van der Waals surface area contributed by atoms with E-state index in [1.165, 1.54) is 4.90 Å². The Balaban J connectivity index is 2.00. The third-order valence-electron chi connectivity index (χ3n) is 3.17. The summed E-state index contributed by atoms with van der Waals surface area (Å²) in [5.74, 6) is 0.523. The van der Waals surface area contributed by atoms with Crippen LogP contribution in [0.1, 0.15) is 0 Å². The van der Waals surface area contributed by atoms with Gasteiger partial charge in [0.15, 0.2) is 12.0 Å². The molecule has 6 heteroatoms. The number of anilines is 1. The lowest BCUT2D eigenvalue weighted by molar-refractivity contribution is 0.947. The van der Waals surface area contributed by atoms with Crippen LogP contribution in [0.15, 0.2) is 36.7 Å². The lowest BCUT2D eigenvalue weighted by Gasteiger charge is -2.07. The number of rotatable bonds is 2. The Morgan fingerprint density at radius 2 is 2.05 bits per heavy atom. The van der Waals surface area contributed by atoms with Crippen LogP contribution in [0.5, 0.6) is 0 Å². The minimum Gasteiger partial charge on any atom is -0.334 e. The Hall–Kier alpha value is -2.94. The van der Waals surface area contributed by atoms with Crippen LogP contribution >= 0.6 is 0 Å². The monoisotopic (exact) mass is 264 g/mol. The fraction of sp³-hybridized carbons (Fsp3) is 0.143. The highest BCUT2D eigenvalue weighted by molar-refractivity contribution is 5.81. The molecule has 0 aliphatic rings. The molecule has 0 aliphatic heterocycles. The van der Waals surface area contributed by atoms with Crippen LogP contribution in [-0.4, -0.2) is 26.8 Å². The third kappa shape index (κ3) is 1.95. The zero-order valence-electron chi connectivity index (χ0n) is 11.1. The van der Waals surface area contributed by atoms with Gasteiger partial charge in [-0.05, 0) is 24.3 Å². The van der Waals surface area contributed by atoms with E-state index in [4.69, 9.17) is 5.26 Å². The van der Waals surface area contributed by atoms with Crippen molar-refractivity contribution in [1.29, 1.82) is 5.26 Å². The van der Waals surface area contributed by atoms with Gasteiger partial charge in [0.1, 0.15) is 0 Å². The van der Waals surface area contributed by atoms with E-state index in [1.807, 2.05) is 42.1 Å². The lowest BCUT2D eigenvalue weighted by atomic mass is 10.1. The maximum Gasteiger partial charge on any atom is 0.185 e. The molecule has 0 N–H and O–H groups in total. The van der Waals surface area contributed by atoms with Gasteiger partial charge in [-0.15, -0.1) is 10.2 Å². The summed E-state index contributed by atoms with van der Waals surface area (Å²) >= 11 is 0. The van der Waals surface area contributed by atoms with Crippen molar-refractivity contribution < 1.29 is 0 Å². The number of hydrogen-bond acceptors (Lipinski definition) is 5. The summed E-state index contributed by atoms with van der Waals surface area (Å²) in [6.07, 6.45) is 3.77. The summed E-state index contributed by atoms with van der Waals surface area (Å²) in [5.41, 5.74) is 3.70. The van der Waals surface area contributed by atoms with Crippen molar-refractivity contribution in [2.45, 2.75) is 0 Å². The first-order chi connectivity index (χ1) is 9.69. The molecule has 98 valence electrons. The van der Waals surface area contributed by atoms with Gasteiger partial charge in [0.25, 0.3) is 0 Å². The summed E-state index contributed by atoms with van der Waals surface area (Å²) in [7, 11) is 3.60. The van der Waals surface area contributed by atoms with E-state index < -0.39 is 0 Å². The lowest BCUT2D eigenvalue weighted by Crippen LogP contribution is -2.10. The predicted molar refractivity (Wildman–Crippen MR) is 75.8 cm³/mol. The molecule has 0 spiro atoms. The van der Waals surface area contributed by atoms with E-state index in [1.54, 1.807) is 19.4 Å². The van der Waals surface area contributed by atoms with Crippen molar-refractivity contribution in [3.8, 4) is 17.5 Å². The topological polar surface area (TPSA) is 70.6 Å². The molecule has 2 heterocycles. The molecule has 0 saturated heterocycles. The number of nitriles is 1. The molecule has 0 bridgehead atoms. The van der Waals surface area contributed by atoms with Crippen molar-refractivity contribution in [3.05, 3.63) is 36.7 Å². The van der Waals surface area contributed by atoms with Crippen LogP contribution in [0.2, 0.25) is 0 Å². The van der Waals surface area contributed by atoms with E-state index in [9.17, 15) is 0 Å².